The molecular formula is C21H25ClN4O2. The third-order valence-electron chi connectivity index (χ3n) is 4.48. The first-order valence-electron chi connectivity index (χ1n) is 9.38. The lowest BCUT2D eigenvalue weighted by Gasteiger charge is -2.29. The van der Waals surface area contributed by atoms with Gasteiger partial charge in [-0.1, -0.05) is 35.9 Å². The van der Waals surface area contributed by atoms with Gasteiger partial charge in [-0.15, -0.1) is 0 Å². The smallest absolute Gasteiger partial charge is 0.265 e. The van der Waals surface area contributed by atoms with Crippen molar-refractivity contribution in [3.8, 4) is 5.75 Å². The van der Waals surface area contributed by atoms with Crippen LogP contribution in [0.15, 0.2) is 53.5 Å². The number of carbonyl (C=O) groups excluding carboxylic acids is 1. The molecule has 0 aromatic heterocycles. The average molecular weight is 401 g/mol. The molecule has 6 nitrogen and oxygen atoms in total. The van der Waals surface area contributed by atoms with Crippen LogP contribution in [0, 0.1) is 0 Å². The van der Waals surface area contributed by atoms with Crippen LogP contribution in [0.4, 0.5) is 5.69 Å². The van der Waals surface area contributed by atoms with Crippen LogP contribution in [0.2, 0.25) is 5.02 Å². The standard InChI is InChI=1S/C21H25ClN4O2/c1-23-21(25-12-10-16-6-4-7-17(22)14-16)24-11-5-13-26-18-8-2-3-9-19(18)28-15-20(26)27/h2-4,6-9,14H,5,10-13,15H2,1H3,(H2,23,24,25). The van der Waals surface area contributed by atoms with Crippen LogP contribution in [-0.2, 0) is 11.2 Å². The maximum atomic E-state index is 12.2. The van der Waals surface area contributed by atoms with Crippen LogP contribution in [0.1, 0.15) is 12.0 Å². The number of aliphatic imine (C=N–C) groups is 1. The Kier molecular flexibility index (Phi) is 7.14. The van der Waals surface area contributed by atoms with E-state index >= 15 is 0 Å². The first kappa shape index (κ1) is 20.0. The summed E-state index contributed by atoms with van der Waals surface area (Å²) in [7, 11) is 1.75. The van der Waals surface area contributed by atoms with Crippen molar-refractivity contribution in [3.63, 3.8) is 0 Å². The number of nitrogens with one attached hydrogen (secondary N) is 2. The van der Waals surface area contributed by atoms with Gasteiger partial charge >= 0.3 is 0 Å². The zero-order valence-electron chi connectivity index (χ0n) is 16.0. The minimum atomic E-state index is -0.0114. The number of rotatable bonds is 7. The molecule has 7 heteroatoms. The van der Waals surface area contributed by atoms with Crippen LogP contribution in [0.3, 0.4) is 0 Å². The molecule has 0 bridgehead atoms. The molecule has 148 valence electrons. The third-order valence-corrected chi connectivity index (χ3v) is 4.71. The van der Waals surface area contributed by atoms with E-state index in [2.05, 4.69) is 21.7 Å². The van der Waals surface area contributed by atoms with Gasteiger partial charge in [-0.3, -0.25) is 9.79 Å². The van der Waals surface area contributed by atoms with Crippen molar-refractivity contribution in [2.24, 2.45) is 4.99 Å². The predicted molar refractivity (Wildman–Crippen MR) is 113 cm³/mol. The van der Waals surface area contributed by atoms with E-state index in [-0.39, 0.29) is 12.5 Å². The normalized spacial score (nSPS) is 13.7. The zero-order chi connectivity index (χ0) is 19.8. The summed E-state index contributed by atoms with van der Waals surface area (Å²) in [5, 5.41) is 7.33. The molecule has 2 N–H and O–H groups in total. The Morgan fingerprint density at radius 1 is 1.18 bits per heavy atom. The number of guanidine groups is 1. The molecule has 2 aromatic rings. The molecule has 0 fully saturated rings. The van der Waals surface area contributed by atoms with Gasteiger partial charge < -0.3 is 20.3 Å². The van der Waals surface area contributed by atoms with Gasteiger partial charge in [0.2, 0.25) is 0 Å². The van der Waals surface area contributed by atoms with Gasteiger partial charge in [0.05, 0.1) is 5.69 Å². The summed E-state index contributed by atoms with van der Waals surface area (Å²) in [4.78, 5) is 18.2. The summed E-state index contributed by atoms with van der Waals surface area (Å²) in [6, 6.07) is 15.5. The summed E-state index contributed by atoms with van der Waals surface area (Å²) in [5.41, 5.74) is 2.02. The Bertz CT molecular complexity index is 841. The molecule has 0 spiro atoms. The summed E-state index contributed by atoms with van der Waals surface area (Å²) in [5.74, 6) is 1.49. The minimum Gasteiger partial charge on any atom is -0.482 e. The lowest BCUT2D eigenvalue weighted by molar-refractivity contribution is -0.121. The molecule has 1 aliphatic heterocycles. The number of hydrogen-bond donors (Lipinski definition) is 2. The highest BCUT2D eigenvalue weighted by molar-refractivity contribution is 6.30. The average Bonchev–Trinajstić information content (AvgIpc) is 2.71. The number of hydrogen-bond acceptors (Lipinski definition) is 3. The largest absolute Gasteiger partial charge is 0.482 e. The summed E-state index contributed by atoms with van der Waals surface area (Å²) >= 11 is 6.01. The fraction of sp³-hybridized carbons (Fsp3) is 0.333. The topological polar surface area (TPSA) is 66.0 Å². The number of para-hydroxylation sites is 2. The van der Waals surface area contributed by atoms with Crippen molar-refractivity contribution in [2.45, 2.75) is 12.8 Å². The van der Waals surface area contributed by atoms with Crippen LogP contribution in [0.25, 0.3) is 0 Å². The second-order valence-corrected chi connectivity index (χ2v) is 6.90. The molecular weight excluding hydrogens is 376 g/mol. The molecule has 0 atom stereocenters. The predicted octanol–water partition coefficient (Wildman–Crippen LogP) is 2.86. The summed E-state index contributed by atoms with van der Waals surface area (Å²) < 4.78 is 5.47. The lowest BCUT2D eigenvalue weighted by Crippen LogP contribution is -2.42. The SMILES string of the molecule is CN=C(NCCCN1C(=O)COc2ccccc21)NCCc1cccc(Cl)c1. The van der Waals surface area contributed by atoms with Crippen molar-refractivity contribution in [1.29, 1.82) is 0 Å². The second-order valence-electron chi connectivity index (χ2n) is 6.46. The molecule has 0 radical (unpaired) electrons. The van der Waals surface area contributed by atoms with E-state index in [1.54, 1.807) is 11.9 Å². The Labute approximate surface area is 170 Å². The molecule has 2 aromatic carbocycles. The number of amides is 1. The maximum Gasteiger partial charge on any atom is 0.265 e. The zero-order valence-corrected chi connectivity index (χ0v) is 16.7. The van der Waals surface area contributed by atoms with Gasteiger partial charge in [-0.2, -0.15) is 0 Å². The second kappa shape index (κ2) is 9.99. The summed E-state index contributed by atoms with van der Waals surface area (Å²) in [6.45, 7) is 2.20. The molecule has 0 aliphatic carbocycles. The molecule has 0 saturated heterocycles. The number of fused-ring (bicyclic) bond motifs is 1. The number of ether oxygens (including phenoxy) is 1. The lowest BCUT2D eigenvalue weighted by atomic mass is 10.1. The van der Waals surface area contributed by atoms with E-state index in [0.717, 1.165) is 41.8 Å². The molecule has 1 amide bonds. The van der Waals surface area contributed by atoms with E-state index in [9.17, 15) is 4.79 Å². The van der Waals surface area contributed by atoms with E-state index < -0.39 is 0 Å². The molecule has 0 saturated carbocycles. The van der Waals surface area contributed by atoms with E-state index in [4.69, 9.17) is 16.3 Å². The van der Waals surface area contributed by atoms with E-state index in [1.807, 2.05) is 42.5 Å². The van der Waals surface area contributed by atoms with Gasteiger partial charge in [0.25, 0.3) is 5.91 Å². The van der Waals surface area contributed by atoms with Crippen molar-refractivity contribution < 1.29 is 9.53 Å². The molecule has 0 unspecified atom stereocenters. The number of carbonyl (C=O) groups is 1. The molecule has 3 rings (SSSR count). The first-order chi connectivity index (χ1) is 13.7. The third kappa shape index (κ3) is 5.39. The highest BCUT2D eigenvalue weighted by atomic mass is 35.5. The van der Waals surface area contributed by atoms with Gasteiger partial charge in [0.15, 0.2) is 12.6 Å². The van der Waals surface area contributed by atoms with Crippen LogP contribution >= 0.6 is 11.6 Å². The Balaban J connectivity index is 1.41. The van der Waals surface area contributed by atoms with Crippen LogP contribution in [-0.4, -0.2) is 45.2 Å². The summed E-state index contributed by atoms with van der Waals surface area (Å²) in [6.07, 6.45) is 1.66. The first-order valence-corrected chi connectivity index (χ1v) is 9.76. The Morgan fingerprint density at radius 2 is 2.00 bits per heavy atom. The number of halogens is 1. The number of nitrogens with zero attached hydrogens (tertiary/aromatic N) is 2. The molecule has 1 aliphatic rings. The monoisotopic (exact) mass is 400 g/mol. The van der Waals surface area contributed by atoms with Gasteiger partial charge in [-0.05, 0) is 42.7 Å². The van der Waals surface area contributed by atoms with E-state index in [1.165, 1.54) is 5.56 Å². The molecule has 1 heterocycles. The minimum absolute atomic E-state index is 0.0114. The van der Waals surface area contributed by atoms with Crippen molar-refractivity contribution >= 4 is 29.2 Å². The molecule has 28 heavy (non-hydrogen) atoms. The Morgan fingerprint density at radius 3 is 2.82 bits per heavy atom. The van der Waals surface area contributed by atoms with Crippen molar-refractivity contribution in [3.05, 3.63) is 59.1 Å². The number of benzene rings is 2. The van der Waals surface area contributed by atoms with Gasteiger partial charge in [0, 0.05) is 31.7 Å². The highest BCUT2D eigenvalue weighted by Crippen LogP contribution is 2.31. The highest BCUT2D eigenvalue weighted by Gasteiger charge is 2.24. The van der Waals surface area contributed by atoms with Gasteiger partial charge in [-0.25, -0.2) is 0 Å². The fourth-order valence-corrected chi connectivity index (χ4v) is 3.29. The van der Waals surface area contributed by atoms with E-state index in [0.29, 0.717) is 13.1 Å². The van der Waals surface area contributed by atoms with Crippen molar-refractivity contribution in [2.75, 3.05) is 38.2 Å². The fourth-order valence-electron chi connectivity index (χ4n) is 3.08. The van der Waals surface area contributed by atoms with Crippen molar-refractivity contribution in [1.82, 2.24) is 10.6 Å². The number of anilines is 1. The van der Waals surface area contributed by atoms with Crippen LogP contribution < -0.4 is 20.3 Å². The van der Waals surface area contributed by atoms with Crippen LogP contribution in [0.5, 0.6) is 5.75 Å². The van der Waals surface area contributed by atoms with Gasteiger partial charge in [0.1, 0.15) is 5.75 Å². The quantitative estimate of drug-likeness (QED) is 0.426. The Hall–Kier alpha value is -2.73. The maximum absolute atomic E-state index is 12.2.